The van der Waals surface area contributed by atoms with Crippen LogP contribution < -0.4 is 20.7 Å². The molecule has 0 aliphatic carbocycles. The van der Waals surface area contributed by atoms with Gasteiger partial charge in [-0.3, -0.25) is 11.3 Å². The molecule has 15 heavy (non-hydrogen) atoms. The van der Waals surface area contributed by atoms with Crippen LogP contribution in [-0.2, 0) is 6.54 Å². The number of benzene rings is 1. The maximum atomic E-state index is 5.25. The van der Waals surface area contributed by atoms with Crippen LogP contribution in [0.1, 0.15) is 5.56 Å². The van der Waals surface area contributed by atoms with E-state index in [1.807, 2.05) is 12.1 Å². The number of rotatable bonds is 4. The van der Waals surface area contributed by atoms with Gasteiger partial charge in [-0.05, 0) is 17.7 Å². The standard InChI is InChI=1S/C9H13BrN2O2.ClH/c1-13-8-3-6(5-12-11)7(10)4-9(8)14-2;/h3-4,12H,5,11H2,1-2H3;1H. The summed E-state index contributed by atoms with van der Waals surface area (Å²) in [5.41, 5.74) is 3.61. The third-order valence-electron chi connectivity index (χ3n) is 1.85. The normalized spacial score (nSPS) is 9.33. The number of hydrazine groups is 1. The Morgan fingerprint density at radius 3 is 2.27 bits per heavy atom. The average molecular weight is 298 g/mol. The van der Waals surface area contributed by atoms with Gasteiger partial charge < -0.3 is 9.47 Å². The largest absolute Gasteiger partial charge is 0.493 e. The molecular weight excluding hydrogens is 283 g/mol. The predicted octanol–water partition coefficient (Wildman–Crippen LogP) is 1.85. The molecule has 0 spiro atoms. The fourth-order valence-electron chi connectivity index (χ4n) is 1.14. The molecule has 3 N–H and O–H groups in total. The molecule has 0 aliphatic heterocycles. The molecule has 1 aromatic carbocycles. The highest BCUT2D eigenvalue weighted by molar-refractivity contribution is 9.10. The number of nitrogens with two attached hydrogens (primary N) is 1. The number of ether oxygens (including phenoxy) is 2. The number of hydrogen-bond acceptors (Lipinski definition) is 4. The lowest BCUT2D eigenvalue weighted by molar-refractivity contribution is 0.354. The van der Waals surface area contributed by atoms with Crippen molar-refractivity contribution in [1.82, 2.24) is 5.43 Å². The summed E-state index contributed by atoms with van der Waals surface area (Å²) in [4.78, 5) is 0. The highest BCUT2D eigenvalue weighted by Crippen LogP contribution is 2.32. The zero-order valence-corrected chi connectivity index (χ0v) is 10.9. The number of nitrogens with one attached hydrogen (secondary N) is 1. The van der Waals surface area contributed by atoms with Crippen LogP contribution in [0.3, 0.4) is 0 Å². The summed E-state index contributed by atoms with van der Waals surface area (Å²) in [7, 11) is 3.20. The minimum absolute atomic E-state index is 0. The van der Waals surface area contributed by atoms with Crippen LogP contribution in [-0.4, -0.2) is 14.2 Å². The highest BCUT2D eigenvalue weighted by Gasteiger charge is 2.08. The van der Waals surface area contributed by atoms with Crippen LogP contribution in [0.5, 0.6) is 11.5 Å². The second-order valence-corrected chi connectivity index (χ2v) is 3.53. The summed E-state index contributed by atoms with van der Waals surface area (Å²) < 4.78 is 11.2. The first-order valence-electron chi connectivity index (χ1n) is 4.06. The van der Waals surface area contributed by atoms with E-state index in [1.54, 1.807) is 14.2 Å². The van der Waals surface area contributed by atoms with Gasteiger partial charge in [0, 0.05) is 11.0 Å². The lowest BCUT2D eigenvalue weighted by Gasteiger charge is -2.11. The van der Waals surface area contributed by atoms with E-state index in [0.717, 1.165) is 10.0 Å². The maximum Gasteiger partial charge on any atom is 0.161 e. The summed E-state index contributed by atoms with van der Waals surface area (Å²) in [6.07, 6.45) is 0. The van der Waals surface area contributed by atoms with E-state index >= 15 is 0 Å². The van der Waals surface area contributed by atoms with E-state index in [2.05, 4.69) is 21.4 Å². The zero-order valence-electron chi connectivity index (χ0n) is 8.54. The van der Waals surface area contributed by atoms with Gasteiger partial charge in [-0.15, -0.1) is 12.4 Å². The Bertz CT molecular complexity index is 323. The van der Waals surface area contributed by atoms with Gasteiger partial charge in [-0.1, -0.05) is 15.9 Å². The number of methoxy groups -OCH3 is 2. The first-order valence-corrected chi connectivity index (χ1v) is 4.86. The van der Waals surface area contributed by atoms with E-state index in [0.29, 0.717) is 18.0 Å². The van der Waals surface area contributed by atoms with Crippen LogP contribution in [0.2, 0.25) is 0 Å². The van der Waals surface area contributed by atoms with Crippen molar-refractivity contribution in [2.45, 2.75) is 6.54 Å². The van der Waals surface area contributed by atoms with E-state index < -0.39 is 0 Å². The molecule has 1 aromatic rings. The van der Waals surface area contributed by atoms with Gasteiger partial charge in [-0.2, -0.15) is 0 Å². The van der Waals surface area contributed by atoms with Crippen molar-refractivity contribution in [1.29, 1.82) is 0 Å². The molecule has 0 atom stereocenters. The van der Waals surface area contributed by atoms with Gasteiger partial charge in [0.1, 0.15) is 0 Å². The predicted molar refractivity (Wildman–Crippen MR) is 65.5 cm³/mol. The van der Waals surface area contributed by atoms with Gasteiger partial charge in [0.2, 0.25) is 0 Å². The SMILES string of the molecule is COc1cc(Br)c(CNN)cc1OC.Cl. The first kappa shape index (κ1) is 14.5. The highest BCUT2D eigenvalue weighted by atomic mass is 79.9. The second kappa shape index (κ2) is 6.90. The quantitative estimate of drug-likeness (QED) is 0.658. The van der Waals surface area contributed by atoms with E-state index in [4.69, 9.17) is 15.3 Å². The molecular formula is C9H14BrClN2O2. The van der Waals surface area contributed by atoms with Crippen molar-refractivity contribution in [3.8, 4) is 11.5 Å². The molecule has 6 heteroatoms. The molecule has 0 fully saturated rings. The molecule has 0 unspecified atom stereocenters. The summed E-state index contributed by atoms with van der Waals surface area (Å²) in [5.74, 6) is 6.64. The van der Waals surface area contributed by atoms with E-state index in [-0.39, 0.29) is 12.4 Å². The molecule has 0 bridgehead atoms. The van der Waals surface area contributed by atoms with Crippen molar-refractivity contribution in [2.24, 2.45) is 5.84 Å². The van der Waals surface area contributed by atoms with Crippen LogP contribution in [0.15, 0.2) is 16.6 Å². The molecule has 0 saturated heterocycles. The van der Waals surface area contributed by atoms with Crippen LogP contribution in [0.4, 0.5) is 0 Å². The second-order valence-electron chi connectivity index (χ2n) is 2.68. The van der Waals surface area contributed by atoms with E-state index in [1.165, 1.54) is 0 Å². The summed E-state index contributed by atoms with van der Waals surface area (Å²) >= 11 is 3.42. The summed E-state index contributed by atoms with van der Waals surface area (Å²) in [6.45, 7) is 0.570. The molecule has 1 rings (SSSR count). The average Bonchev–Trinajstić information content (AvgIpc) is 2.20. The van der Waals surface area contributed by atoms with E-state index in [9.17, 15) is 0 Å². The molecule has 4 nitrogen and oxygen atoms in total. The molecule has 86 valence electrons. The lowest BCUT2D eigenvalue weighted by atomic mass is 10.2. The Morgan fingerprint density at radius 1 is 1.27 bits per heavy atom. The van der Waals surface area contributed by atoms with Gasteiger partial charge in [0.15, 0.2) is 11.5 Å². The van der Waals surface area contributed by atoms with Crippen molar-refractivity contribution in [3.05, 3.63) is 22.2 Å². The van der Waals surface area contributed by atoms with Crippen LogP contribution >= 0.6 is 28.3 Å². The minimum Gasteiger partial charge on any atom is -0.493 e. The first-order chi connectivity index (χ1) is 6.72. The Morgan fingerprint density at radius 2 is 1.80 bits per heavy atom. The van der Waals surface area contributed by atoms with Gasteiger partial charge in [0.25, 0.3) is 0 Å². The summed E-state index contributed by atoms with van der Waals surface area (Å²) in [5, 5.41) is 0. The molecule has 0 aliphatic rings. The maximum absolute atomic E-state index is 5.25. The topological polar surface area (TPSA) is 56.5 Å². The molecule has 0 aromatic heterocycles. The van der Waals surface area contributed by atoms with Crippen LogP contribution in [0.25, 0.3) is 0 Å². The minimum atomic E-state index is 0. The Balaban J connectivity index is 0.00000196. The Hall–Kier alpha value is -0.490. The summed E-state index contributed by atoms with van der Waals surface area (Å²) in [6, 6.07) is 3.73. The molecule has 0 saturated carbocycles. The monoisotopic (exact) mass is 296 g/mol. The zero-order chi connectivity index (χ0) is 10.6. The van der Waals surface area contributed by atoms with Gasteiger partial charge in [0.05, 0.1) is 14.2 Å². The Labute approximate surface area is 104 Å². The lowest BCUT2D eigenvalue weighted by Crippen LogP contribution is -2.21. The van der Waals surface area contributed by atoms with Gasteiger partial charge >= 0.3 is 0 Å². The molecule has 0 amide bonds. The Kier molecular flexibility index (Phi) is 6.67. The van der Waals surface area contributed by atoms with Crippen molar-refractivity contribution < 1.29 is 9.47 Å². The number of halogens is 2. The fourth-order valence-corrected chi connectivity index (χ4v) is 1.60. The van der Waals surface area contributed by atoms with Crippen LogP contribution in [0, 0.1) is 0 Å². The smallest absolute Gasteiger partial charge is 0.161 e. The van der Waals surface area contributed by atoms with Crippen molar-refractivity contribution in [3.63, 3.8) is 0 Å². The number of hydrogen-bond donors (Lipinski definition) is 2. The van der Waals surface area contributed by atoms with Gasteiger partial charge in [-0.25, -0.2) is 0 Å². The van der Waals surface area contributed by atoms with Crippen molar-refractivity contribution in [2.75, 3.05) is 14.2 Å². The third kappa shape index (κ3) is 3.53. The van der Waals surface area contributed by atoms with Crippen molar-refractivity contribution >= 4 is 28.3 Å². The molecule has 0 heterocycles. The fraction of sp³-hybridized carbons (Fsp3) is 0.333. The third-order valence-corrected chi connectivity index (χ3v) is 2.58. The molecule has 0 radical (unpaired) electrons.